The lowest BCUT2D eigenvalue weighted by Gasteiger charge is -2.32. The highest BCUT2D eigenvalue weighted by Crippen LogP contribution is 2.34. The lowest BCUT2D eigenvalue weighted by Crippen LogP contribution is -2.40. The van der Waals surface area contributed by atoms with Crippen molar-refractivity contribution in [3.05, 3.63) is 78.7 Å². The number of nitrogens with zero attached hydrogens (tertiary/aromatic N) is 6. The standard InChI is InChI=1S/C27H26FN7O2/c1-2-23(37)34-13-3-4-19(15-34)35-27-24(26(29)31-16-32-27)25(33-35)18-8-5-17(6-9-18)7-10-22(36)20-11-12-30-14-21(20)28/h2,5-6,8-9,11-12,14,16,19H,1,3-4,7,10,13,15H2,(H2,29,31,32). The molecule has 0 saturated carbocycles. The van der Waals surface area contributed by atoms with E-state index in [0.717, 1.165) is 30.2 Å². The fourth-order valence-corrected chi connectivity index (χ4v) is 4.76. The fraction of sp³-hybridized carbons (Fsp3) is 0.259. The molecule has 0 aliphatic carbocycles. The number of likely N-dealkylation sites (tertiary alicyclic amines) is 1. The minimum Gasteiger partial charge on any atom is -0.383 e. The number of amides is 1. The summed E-state index contributed by atoms with van der Waals surface area (Å²) in [5.74, 6) is -0.651. The monoisotopic (exact) mass is 499 g/mol. The number of anilines is 1. The molecule has 5 rings (SSSR count). The number of carbonyl (C=O) groups excluding carboxylic acids is 2. The number of fused-ring (bicyclic) bond motifs is 1. The van der Waals surface area contributed by atoms with Gasteiger partial charge in [0.15, 0.2) is 17.2 Å². The van der Waals surface area contributed by atoms with Gasteiger partial charge in [-0.05, 0) is 37.0 Å². The lowest BCUT2D eigenvalue weighted by atomic mass is 10.0. The van der Waals surface area contributed by atoms with Gasteiger partial charge in [-0.15, -0.1) is 0 Å². The summed E-state index contributed by atoms with van der Waals surface area (Å²) in [6, 6.07) is 9.01. The number of nitrogen functional groups attached to an aromatic ring is 1. The molecular weight excluding hydrogens is 473 g/mol. The number of piperidine rings is 1. The lowest BCUT2D eigenvalue weighted by molar-refractivity contribution is -0.127. The van der Waals surface area contributed by atoms with Crippen molar-refractivity contribution in [2.45, 2.75) is 31.7 Å². The number of nitrogens with two attached hydrogens (primary N) is 1. The average molecular weight is 500 g/mol. The molecule has 0 radical (unpaired) electrons. The number of hydrogen-bond donors (Lipinski definition) is 1. The highest BCUT2D eigenvalue weighted by atomic mass is 19.1. The van der Waals surface area contributed by atoms with Crippen LogP contribution in [0.4, 0.5) is 10.2 Å². The first-order valence-electron chi connectivity index (χ1n) is 12.1. The Bertz CT molecular complexity index is 1480. The van der Waals surface area contributed by atoms with Crippen molar-refractivity contribution >= 4 is 28.5 Å². The van der Waals surface area contributed by atoms with Gasteiger partial charge in [-0.25, -0.2) is 19.0 Å². The van der Waals surface area contributed by atoms with E-state index >= 15 is 0 Å². The number of pyridine rings is 1. The van der Waals surface area contributed by atoms with Gasteiger partial charge < -0.3 is 10.6 Å². The van der Waals surface area contributed by atoms with Crippen molar-refractivity contribution in [1.82, 2.24) is 29.6 Å². The Hall–Kier alpha value is -4.47. The highest BCUT2D eigenvalue weighted by Gasteiger charge is 2.28. The summed E-state index contributed by atoms with van der Waals surface area (Å²) in [5, 5.41) is 5.54. The molecular formula is C27H26FN7O2. The molecule has 4 aromatic rings. The van der Waals surface area contributed by atoms with Gasteiger partial charge in [0.2, 0.25) is 5.91 Å². The van der Waals surface area contributed by atoms with Crippen LogP contribution in [-0.2, 0) is 11.2 Å². The number of benzene rings is 1. The number of rotatable bonds is 7. The van der Waals surface area contributed by atoms with Crippen LogP contribution >= 0.6 is 0 Å². The number of ketones is 1. The number of Topliss-reactive ketones (excluding diaryl/α,β-unsaturated/α-hetero) is 1. The van der Waals surface area contributed by atoms with Crippen LogP contribution < -0.4 is 5.73 Å². The number of hydrogen-bond acceptors (Lipinski definition) is 7. The molecule has 1 unspecified atom stereocenters. The third kappa shape index (κ3) is 4.82. The van der Waals surface area contributed by atoms with Gasteiger partial charge in [0, 0.05) is 31.3 Å². The molecule has 1 amide bonds. The third-order valence-corrected chi connectivity index (χ3v) is 6.69. The minimum absolute atomic E-state index is 0.0511. The highest BCUT2D eigenvalue weighted by molar-refractivity contribution is 5.98. The van der Waals surface area contributed by atoms with Crippen LogP contribution in [0.3, 0.4) is 0 Å². The van der Waals surface area contributed by atoms with E-state index in [1.54, 1.807) is 4.90 Å². The Morgan fingerprint density at radius 3 is 2.76 bits per heavy atom. The van der Waals surface area contributed by atoms with Gasteiger partial charge in [-0.3, -0.25) is 14.6 Å². The zero-order valence-electron chi connectivity index (χ0n) is 20.2. The molecule has 0 spiro atoms. The first-order chi connectivity index (χ1) is 18.0. The molecule has 1 atom stereocenters. The summed E-state index contributed by atoms with van der Waals surface area (Å²) in [5.41, 5.74) is 9.35. The second-order valence-electron chi connectivity index (χ2n) is 9.01. The van der Waals surface area contributed by atoms with E-state index in [4.69, 9.17) is 10.8 Å². The quantitative estimate of drug-likeness (QED) is 0.304. The normalized spacial score (nSPS) is 15.6. The largest absolute Gasteiger partial charge is 0.383 e. The van der Waals surface area contributed by atoms with Crippen LogP contribution in [-0.4, -0.2) is 54.4 Å². The van der Waals surface area contributed by atoms with Crippen molar-refractivity contribution in [2.24, 2.45) is 0 Å². The van der Waals surface area contributed by atoms with Crippen molar-refractivity contribution in [3.63, 3.8) is 0 Å². The predicted molar refractivity (Wildman–Crippen MR) is 137 cm³/mol. The van der Waals surface area contributed by atoms with E-state index in [9.17, 15) is 14.0 Å². The molecule has 0 bridgehead atoms. The van der Waals surface area contributed by atoms with E-state index < -0.39 is 5.82 Å². The summed E-state index contributed by atoms with van der Waals surface area (Å²) in [4.78, 5) is 38.7. The summed E-state index contributed by atoms with van der Waals surface area (Å²) in [7, 11) is 0. The molecule has 10 heteroatoms. The molecule has 1 aromatic carbocycles. The van der Waals surface area contributed by atoms with Crippen LogP contribution in [0.25, 0.3) is 22.3 Å². The van der Waals surface area contributed by atoms with E-state index in [0.29, 0.717) is 42.1 Å². The Balaban J connectivity index is 1.40. The first kappa shape index (κ1) is 24.2. The van der Waals surface area contributed by atoms with Crippen molar-refractivity contribution in [3.8, 4) is 11.3 Å². The maximum Gasteiger partial charge on any atom is 0.246 e. The fourth-order valence-electron chi connectivity index (χ4n) is 4.76. The number of aromatic nitrogens is 5. The van der Waals surface area contributed by atoms with Crippen molar-refractivity contribution < 1.29 is 14.0 Å². The molecule has 1 fully saturated rings. The molecule has 1 aliphatic heterocycles. The first-order valence-corrected chi connectivity index (χ1v) is 12.1. The van der Waals surface area contributed by atoms with Gasteiger partial charge in [-0.1, -0.05) is 30.8 Å². The summed E-state index contributed by atoms with van der Waals surface area (Å²) in [6.45, 7) is 4.79. The molecule has 1 saturated heterocycles. The van der Waals surface area contributed by atoms with Crippen LogP contribution in [0.1, 0.15) is 41.2 Å². The van der Waals surface area contributed by atoms with E-state index in [2.05, 4.69) is 21.5 Å². The maximum absolute atomic E-state index is 13.8. The molecule has 2 N–H and O–H groups in total. The topological polar surface area (TPSA) is 120 Å². The second-order valence-corrected chi connectivity index (χ2v) is 9.01. The van der Waals surface area contributed by atoms with E-state index in [1.165, 1.54) is 24.7 Å². The van der Waals surface area contributed by atoms with Crippen molar-refractivity contribution in [2.75, 3.05) is 18.8 Å². The Labute approximate surface area is 212 Å². The average Bonchev–Trinajstić information content (AvgIpc) is 3.33. The van der Waals surface area contributed by atoms with E-state index in [1.807, 2.05) is 28.9 Å². The van der Waals surface area contributed by atoms with Gasteiger partial charge >= 0.3 is 0 Å². The summed E-state index contributed by atoms with van der Waals surface area (Å²) >= 11 is 0. The van der Waals surface area contributed by atoms with Gasteiger partial charge in [0.25, 0.3) is 0 Å². The smallest absolute Gasteiger partial charge is 0.246 e. The second kappa shape index (κ2) is 10.3. The Morgan fingerprint density at radius 1 is 1.19 bits per heavy atom. The van der Waals surface area contributed by atoms with Crippen LogP contribution in [0.5, 0.6) is 0 Å². The summed E-state index contributed by atoms with van der Waals surface area (Å²) in [6.07, 6.45) is 7.55. The Kier molecular flexibility index (Phi) is 6.72. The predicted octanol–water partition coefficient (Wildman–Crippen LogP) is 3.77. The van der Waals surface area contributed by atoms with Gasteiger partial charge in [-0.2, -0.15) is 5.10 Å². The molecule has 1 aliphatic rings. The molecule has 188 valence electrons. The van der Waals surface area contributed by atoms with Gasteiger partial charge in [0.1, 0.15) is 17.8 Å². The molecule has 3 aromatic heterocycles. The molecule has 37 heavy (non-hydrogen) atoms. The number of aryl methyl sites for hydroxylation is 1. The third-order valence-electron chi connectivity index (χ3n) is 6.69. The molecule has 4 heterocycles. The van der Waals surface area contributed by atoms with Gasteiger partial charge in [0.05, 0.1) is 23.2 Å². The summed E-state index contributed by atoms with van der Waals surface area (Å²) < 4.78 is 15.7. The zero-order valence-corrected chi connectivity index (χ0v) is 20.2. The zero-order chi connectivity index (χ0) is 25.9. The number of halogens is 1. The maximum atomic E-state index is 13.8. The number of carbonyl (C=O) groups is 2. The SMILES string of the molecule is C=CC(=O)N1CCCC(n2nc(-c3ccc(CCC(=O)c4ccncc4F)cc3)c3c(N)ncnc32)C1. The Morgan fingerprint density at radius 2 is 2.00 bits per heavy atom. The molecule has 9 nitrogen and oxygen atoms in total. The van der Waals surface area contributed by atoms with Crippen molar-refractivity contribution in [1.29, 1.82) is 0 Å². The van der Waals surface area contributed by atoms with Crippen LogP contribution in [0.2, 0.25) is 0 Å². The van der Waals surface area contributed by atoms with Crippen LogP contribution in [0.15, 0.2) is 61.7 Å². The minimum atomic E-state index is -0.611. The van der Waals surface area contributed by atoms with Crippen LogP contribution in [0, 0.1) is 5.82 Å². The van der Waals surface area contributed by atoms with E-state index in [-0.39, 0.29) is 29.7 Å².